The van der Waals surface area contributed by atoms with Crippen molar-refractivity contribution >= 4 is 21.4 Å². The second-order valence-electron chi connectivity index (χ2n) is 3.97. The predicted molar refractivity (Wildman–Crippen MR) is 63.9 cm³/mol. The SMILES string of the molecule is O=S(=O)(c1ccc(Cl)cc1)C1COCCC1O. The Hall–Kier alpha value is -0.620. The largest absolute Gasteiger partial charge is 0.392 e. The Morgan fingerprint density at radius 3 is 2.53 bits per heavy atom. The van der Waals surface area contributed by atoms with E-state index in [0.717, 1.165) is 0 Å². The second kappa shape index (κ2) is 4.94. The van der Waals surface area contributed by atoms with Gasteiger partial charge in [0, 0.05) is 11.6 Å². The summed E-state index contributed by atoms with van der Waals surface area (Å²) in [6.07, 6.45) is -0.526. The summed E-state index contributed by atoms with van der Waals surface area (Å²) in [6, 6.07) is 5.92. The quantitative estimate of drug-likeness (QED) is 0.883. The molecule has 1 N–H and O–H groups in total. The minimum absolute atomic E-state index is 0.0339. The number of rotatable bonds is 2. The maximum absolute atomic E-state index is 12.2. The van der Waals surface area contributed by atoms with Crippen LogP contribution in [-0.4, -0.2) is 38.1 Å². The molecule has 17 heavy (non-hydrogen) atoms. The van der Waals surface area contributed by atoms with Crippen molar-refractivity contribution in [2.75, 3.05) is 13.2 Å². The molecular weight excluding hydrogens is 264 g/mol. The Kier molecular flexibility index (Phi) is 3.73. The standard InChI is InChI=1S/C11H13ClO4S/c12-8-1-3-9(4-2-8)17(14,15)11-7-16-6-5-10(11)13/h1-4,10-11,13H,5-7H2. The van der Waals surface area contributed by atoms with Gasteiger partial charge in [-0.3, -0.25) is 0 Å². The summed E-state index contributed by atoms with van der Waals surface area (Å²) in [5.74, 6) is 0. The lowest BCUT2D eigenvalue weighted by Gasteiger charge is -2.27. The molecule has 1 saturated heterocycles. The smallest absolute Gasteiger partial charge is 0.186 e. The number of ether oxygens (including phenoxy) is 1. The average molecular weight is 277 g/mol. The minimum Gasteiger partial charge on any atom is -0.392 e. The van der Waals surface area contributed by atoms with Gasteiger partial charge in [0.15, 0.2) is 9.84 Å². The Bertz CT molecular complexity index is 483. The Morgan fingerprint density at radius 1 is 1.29 bits per heavy atom. The maximum Gasteiger partial charge on any atom is 0.186 e. The molecule has 4 nitrogen and oxygen atoms in total. The molecule has 0 aromatic heterocycles. The van der Waals surface area contributed by atoms with E-state index in [2.05, 4.69) is 0 Å². The van der Waals surface area contributed by atoms with E-state index in [1.54, 1.807) is 0 Å². The van der Waals surface area contributed by atoms with Crippen LogP contribution in [0.25, 0.3) is 0 Å². The van der Waals surface area contributed by atoms with Crippen LogP contribution in [0.5, 0.6) is 0 Å². The van der Waals surface area contributed by atoms with Crippen LogP contribution < -0.4 is 0 Å². The van der Waals surface area contributed by atoms with Crippen LogP contribution in [0, 0.1) is 0 Å². The number of sulfone groups is 1. The van der Waals surface area contributed by atoms with E-state index in [1.807, 2.05) is 0 Å². The van der Waals surface area contributed by atoms with Crippen molar-refractivity contribution < 1.29 is 18.3 Å². The van der Waals surface area contributed by atoms with Crippen molar-refractivity contribution in [2.24, 2.45) is 0 Å². The molecule has 6 heteroatoms. The van der Waals surface area contributed by atoms with Gasteiger partial charge in [-0.15, -0.1) is 0 Å². The summed E-state index contributed by atoms with van der Waals surface area (Å²) >= 11 is 5.71. The van der Waals surface area contributed by atoms with Gasteiger partial charge in [-0.05, 0) is 30.7 Å². The lowest BCUT2D eigenvalue weighted by atomic mass is 10.1. The highest BCUT2D eigenvalue weighted by molar-refractivity contribution is 7.92. The van der Waals surface area contributed by atoms with Crippen molar-refractivity contribution in [3.05, 3.63) is 29.3 Å². The van der Waals surface area contributed by atoms with Crippen molar-refractivity contribution in [1.29, 1.82) is 0 Å². The first-order chi connectivity index (χ1) is 8.01. The van der Waals surface area contributed by atoms with Gasteiger partial charge in [-0.25, -0.2) is 8.42 Å². The zero-order chi connectivity index (χ0) is 12.5. The molecule has 1 aliphatic heterocycles. The number of hydrogen-bond donors (Lipinski definition) is 1. The minimum atomic E-state index is -3.56. The molecule has 2 rings (SSSR count). The first kappa shape index (κ1) is 12.8. The zero-order valence-electron chi connectivity index (χ0n) is 9.04. The summed E-state index contributed by atoms with van der Waals surface area (Å²) in [5.41, 5.74) is 0. The van der Waals surface area contributed by atoms with E-state index < -0.39 is 21.2 Å². The van der Waals surface area contributed by atoms with Gasteiger partial charge < -0.3 is 9.84 Å². The van der Waals surface area contributed by atoms with Crippen LogP contribution in [0.3, 0.4) is 0 Å². The van der Waals surface area contributed by atoms with E-state index in [-0.39, 0.29) is 11.5 Å². The van der Waals surface area contributed by atoms with Gasteiger partial charge in [0.25, 0.3) is 0 Å². The van der Waals surface area contributed by atoms with E-state index in [1.165, 1.54) is 24.3 Å². The molecule has 0 spiro atoms. The highest BCUT2D eigenvalue weighted by Gasteiger charge is 2.36. The Morgan fingerprint density at radius 2 is 1.94 bits per heavy atom. The fraction of sp³-hybridized carbons (Fsp3) is 0.455. The van der Waals surface area contributed by atoms with Crippen molar-refractivity contribution in [3.8, 4) is 0 Å². The van der Waals surface area contributed by atoms with Gasteiger partial charge in [0.05, 0.1) is 17.6 Å². The molecule has 0 bridgehead atoms. The lowest BCUT2D eigenvalue weighted by molar-refractivity contribution is 0.0175. The number of benzene rings is 1. The molecule has 0 amide bonds. The van der Waals surface area contributed by atoms with Crippen LogP contribution in [0.2, 0.25) is 5.02 Å². The molecule has 1 aliphatic rings. The van der Waals surface area contributed by atoms with Crippen LogP contribution in [-0.2, 0) is 14.6 Å². The second-order valence-corrected chi connectivity index (χ2v) is 6.57. The fourth-order valence-corrected chi connectivity index (χ4v) is 3.61. The third-order valence-corrected chi connectivity index (χ3v) is 5.24. The molecule has 1 aromatic carbocycles. The van der Waals surface area contributed by atoms with E-state index in [4.69, 9.17) is 16.3 Å². The normalized spacial score (nSPS) is 25.8. The van der Waals surface area contributed by atoms with Gasteiger partial charge in [0.1, 0.15) is 5.25 Å². The monoisotopic (exact) mass is 276 g/mol. The highest BCUT2D eigenvalue weighted by atomic mass is 35.5. The molecule has 0 radical (unpaired) electrons. The molecular formula is C11H13ClO4S. The van der Waals surface area contributed by atoms with Gasteiger partial charge in [-0.1, -0.05) is 11.6 Å². The number of hydrogen-bond acceptors (Lipinski definition) is 4. The van der Waals surface area contributed by atoms with Gasteiger partial charge in [0.2, 0.25) is 0 Å². The first-order valence-electron chi connectivity index (χ1n) is 5.27. The van der Waals surface area contributed by atoms with E-state index >= 15 is 0 Å². The van der Waals surface area contributed by atoms with Crippen LogP contribution in [0.1, 0.15) is 6.42 Å². The summed E-state index contributed by atoms with van der Waals surface area (Å²) in [4.78, 5) is 0.163. The molecule has 0 aliphatic carbocycles. The van der Waals surface area contributed by atoms with E-state index in [9.17, 15) is 13.5 Å². The van der Waals surface area contributed by atoms with Crippen LogP contribution >= 0.6 is 11.6 Å². The third kappa shape index (κ3) is 2.63. The fourth-order valence-electron chi connectivity index (χ4n) is 1.80. The van der Waals surface area contributed by atoms with Gasteiger partial charge in [-0.2, -0.15) is 0 Å². The van der Waals surface area contributed by atoms with Crippen molar-refractivity contribution in [1.82, 2.24) is 0 Å². The topological polar surface area (TPSA) is 63.6 Å². The summed E-state index contributed by atoms with van der Waals surface area (Å²) < 4.78 is 29.6. The van der Waals surface area contributed by atoms with Crippen molar-refractivity contribution in [2.45, 2.75) is 22.7 Å². The first-order valence-corrected chi connectivity index (χ1v) is 7.19. The average Bonchev–Trinajstić information content (AvgIpc) is 2.30. The zero-order valence-corrected chi connectivity index (χ0v) is 10.6. The number of halogens is 1. The summed E-state index contributed by atoms with van der Waals surface area (Å²) in [6.45, 7) is 0.430. The summed E-state index contributed by atoms with van der Waals surface area (Å²) in [7, 11) is -3.56. The molecule has 2 atom stereocenters. The predicted octanol–water partition coefficient (Wildman–Crippen LogP) is 1.26. The molecule has 2 unspecified atom stereocenters. The number of aliphatic hydroxyl groups is 1. The molecule has 1 heterocycles. The summed E-state index contributed by atoms with van der Waals surface area (Å²) in [5, 5.41) is 9.32. The van der Waals surface area contributed by atoms with Crippen LogP contribution in [0.15, 0.2) is 29.2 Å². The van der Waals surface area contributed by atoms with Gasteiger partial charge >= 0.3 is 0 Å². The highest BCUT2D eigenvalue weighted by Crippen LogP contribution is 2.24. The molecule has 0 saturated carbocycles. The Balaban J connectivity index is 2.32. The lowest BCUT2D eigenvalue weighted by Crippen LogP contribution is -2.42. The molecule has 94 valence electrons. The molecule has 1 aromatic rings. The molecule has 1 fully saturated rings. The third-order valence-electron chi connectivity index (χ3n) is 2.81. The Labute approximate surface area is 105 Å². The van der Waals surface area contributed by atoms with E-state index in [0.29, 0.717) is 18.1 Å². The maximum atomic E-state index is 12.2. The van der Waals surface area contributed by atoms with Crippen LogP contribution in [0.4, 0.5) is 0 Å². The van der Waals surface area contributed by atoms with Crippen molar-refractivity contribution in [3.63, 3.8) is 0 Å². The number of aliphatic hydroxyl groups excluding tert-OH is 1.